The van der Waals surface area contributed by atoms with E-state index in [-0.39, 0.29) is 10.9 Å². The molecule has 0 aromatic heterocycles. The number of halogens is 2. The number of ether oxygens (including phenoxy) is 1. The van der Waals surface area contributed by atoms with Crippen molar-refractivity contribution in [2.75, 3.05) is 19.1 Å². The van der Waals surface area contributed by atoms with E-state index in [1.54, 1.807) is 18.3 Å². The van der Waals surface area contributed by atoms with Gasteiger partial charge in [0, 0.05) is 19.2 Å². The molecule has 140 valence electrons. The third kappa shape index (κ3) is 3.85. The van der Waals surface area contributed by atoms with Crippen LogP contribution in [-0.4, -0.2) is 33.3 Å². The summed E-state index contributed by atoms with van der Waals surface area (Å²) >= 11 is 0. The van der Waals surface area contributed by atoms with Crippen LogP contribution in [0.15, 0.2) is 46.2 Å². The normalized spacial score (nSPS) is 15.5. The molecule has 26 heavy (non-hydrogen) atoms. The Morgan fingerprint density at radius 1 is 1.19 bits per heavy atom. The van der Waals surface area contributed by atoms with Crippen molar-refractivity contribution in [2.45, 2.75) is 29.3 Å². The number of fused-ring (bicyclic) bond motifs is 1. The van der Waals surface area contributed by atoms with Gasteiger partial charge in [0.2, 0.25) is 9.84 Å². The first-order valence-electron chi connectivity index (χ1n) is 7.93. The minimum atomic E-state index is -4.02. The number of hydrogen-bond donors (Lipinski definition) is 2. The fraction of sp³-hybridized carbons (Fsp3) is 0.294. The maximum atomic E-state index is 13.4. The van der Waals surface area contributed by atoms with E-state index in [0.29, 0.717) is 19.2 Å². The van der Waals surface area contributed by atoms with E-state index in [2.05, 4.69) is 10.9 Å². The molecule has 0 saturated carbocycles. The fourth-order valence-corrected chi connectivity index (χ4v) is 4.14. The van der Waals surface area contributed by atoms with Crippen molar-refractivity contribution in [2.24, 2.45) is 0 Å². The highest BCUT2D eigenvalue weighted by Crippen LogP contribution is 2.30. The van der Waals surface area contributed by atoms with Gasteiger partial charge in [-0.05, 0) is 42.8 Å². The van der Waals surface area contributed by atoms with Crippen LogP contribution in [0.1, 0.15) is 12.5 Å². The molecule has 9 heteroatoms. The largest absolute Gasteiger partial charge is 0.383 e. The summed E-state index contributed by atoms with van der Waals surface area (Å²) in [4.78, 5) is -0.431. The molecule has 2 aromatic carbocycles. The number of benzene rings is 2. The summed E-state index contributed by atoms with van der Waals surface area (Å²) in [5.41, 5.74) is 7.80. The molecule has 0 aliphatic carbocycles. The first kappa shape index (κ1) is 18.7. The molecule has 1 aliphatic rings. The Hall–Kier alpha value is -2.07. The van der Waals surface area contributed by atoms with Crippen LogP contribution in [0.4, 0.5) is 14.5 Å². The maximum absolute atomic E-state index is 13.4. The summed E-state index contributed by atoms with van der Waals surface area (Å²) in [6.45, 7) is 2.88. The van der Waals surface area contributed by atoms with Crippen LogP contribution in [0.5, 0.6) is 0 Å². The molecule has 0 unspecified atom stereocenters. The van der Waals surface area contributed by atoms with E-state index >= 15 is 0 Å². The van der Waals surface area contributed by atoms with Crippen molar-refractivity contribution >= 4 is 15.5 Å². The minimum Gasteiger partial charge on any atom is -0.383 e. The number of methoxy groups -OCH3 is 1. The zero-order valence-corrected chi connectivity index (χ0v) is 15.1. The number of sulfone groups is 1. The second kappa shape index (κ2) is 7.28. The molecule has 6 nitrogen and oxygen atoms in total. The molecule has 0 saturated heterocycles. The topological polar surface area (TPSA) is 70.7 Å². The average Bonchev–Trinajstić information content (AvgIpc) is 2.95. The lowest BCUT2D eigenvalue weighted by molar-refractivity contribution is 0.121. The van der Waals surface area contributed by atoms with Crippen molar-refractivity contribution in [1.29, 1.82) is 0 Å². The van der Waals surface area contributed by atoms with E-state index in [1.807, 2.05) is 6.92 Å². The van der Waals surface area contributed by atoms with Crippen molar-refractivity contribution < 1.29 is 21.9 Å². The van der Waals surface area contributed by atoms with Gasteiger partial charge in [-0.15, -0.1) is 0 Å². The number of anilines is 1. The van der Waals surface area contributed by atoms with Crippen LogP contribution in [0.25, 0.3) is 0 Å². The molecule has 3 rings (SSSR count). The summed E-state index contributed by atoms with van der Waals surface area (Å²) < 4.78 is 57.2. The van der Waals surface area contributed by atoms with Crippen molar-refractivity contribution in [3.8, 4) is 0 Å². The Kier molecular flexibility index (Phi) is 5.24. The molecule has 1 heterocycles. The van der Waals surface area contributed by atoms with Crippen molar-refractivity contribution in [3.05, 3.63) is 53.6 Å². The Morgan fingerprint density at radius 2 is 1.88 bits per heavy atom. The summed E-state index contributed by atoms with van der Waals surface area (Å²) in [5.74, 6) is -1.87. The second-order valence-electron chi connectivity index (χ2n) is 6.11. The van der Waals surface area contributed by atoms with E-state index in [9.17, 15) is 17.2 Å². The van der Waals surface area contributed by atoms with Gasteiger partial charge in [0.25, 0.3) is 0 Å². The summed E-state index contributed by atoms with van der Waals surface area (Å²) in [6, 6.07) is 6.85. The first-order valence-corrected chi connectivity index (χ1v) is 9.41. The molecule has 2 aromatic rings. The molecule has 1 aliphatic heterocycles. The SMILES string of the molecule is COC[C@@H](C)NN1Cc2cc(S(=O)(=O)c3cc(F)cc(F)c3)ccc2N1. The fourth-order valence-electron chi connectivity index (χ4n) is 2.78. The Balaban J connectivity index is 1.84. The van der Waals surface area contributed by atoms with Crippen LogP contribution in [0, 0.1) is 11.6 Å². The van der Waals surface area contributed by atoms with Gasteiger partial charge in [-0.1, -0.05) is 0 Å². The van der Waals surface area contributed by atoms with Crippen molar-refractivity contribution in [1.82, 2.24) is 10.5 Å². The van der Waals surface area contributed by atoms with Gasteiger partial charge in [-0.2, -0.15) is 5.12 Å². The van der Waals surface area contributed by atoms with Gasteiger partial charge in [-0.25, -0.2) is 22.6 Å². The van der Waals surface area contributed by atoms with E-state index in [4.69, 9.17) is 4.74 Å². The number of hydrazine groups is 2. The minimum absolute atomic E-state index is 0.0187. The average molecular weight is 383 g/mol. The lowest BCUT2D eigenvalue weighted by Crippen LogP contribution is -2.45. The zero-order chi connectivity index (χ0) is 18.9. The van der Waals surface area contributed by atoms with Crippen LogP contribution in [0.3, 0.4) is 0 Å². The van der Waals surface area contributed by atoms with Gasteiger partial charge in [-0.3, -0.25) is 0 Å². The van der Waals surface area contributed by atoms with Crippen molar-refractivity contribution in [3.63, 3.8) is 0 Å². The lowest BCUT2D eigenvalue weighted by Gasteiger charge is -2.22. The molecule has 0 amide bonds. The molecule has 0 spiro atoms. The lowest BCUT2D eigenvalue weighted by atomic mass is 10.2. The smallest absolute Gasteiger partial charge is 0.206 e. The van der Waals surface area contributed by atoms with Gasteiger partial charge >= 0.3 is 0 Å². The summed E-state index contributed by atoms with van der Waals surface area (Å²) in [7, 11) is -2.41. The van der Waals surface area contributed by atoms with Gasteiger partial charge in [0.15, 0.2) is 0 Å². The third-order valence-corrected chi connectivity index (χ3v) is 5.64. The highest BCUT2D eigenvalue weighted by atomic mass is 32.2. The monoisotopic (exact) mass is 383 g/mol. The molecule has 0 radical (unpaired) electrons. The van der Waals surface area contributed by atoms with Crippen LogP contribution in [0.2, 0.25) is 0 Å². The third-order valence-electron chi connectivity index (χ3n) is 3.91. The number of nitrogens with zero attached hydrogens (tertiary/aromatic N) is 1. The molecule has 0 fully saturated rings. The van der Waals surface area contributed by atoms with Crippen LogP contribution in [-0.2, 0) is 21.1 Å². The maximum Gasteiger partial charge on any atom is 0.206 e. The molecular weight excluding hydrogens is 364 g/mol. The second-order valence-corrected chi connectivity index (χ2v) is 8.06. The molecular formula is C17H19F2N3O3S. The van der Waals surface area contributed by atoms with Gasteiger partial charge in [0.05, 0.1) is 28.6 Å². The number of rotatable bonds is 6. The Morgan fingerprint density at radius 3 is 2.54 bits per heavy atom. The molecule has 2 N–H and O–H groups in total. The number of nitrogens with one attached hydrogen (secondary N) is 2. The quantitative estimate of drug-likeness (QED) is 0.799. The van der Waals surface area contributed by atoms with E-state index in [0.717, 1.165) is 23.4 Å². The standard InChI is InChI=1S/C17H19F2N3O3S/c1-11(10-25-2)20-22-9-12-5-15(3-4-17(12)21-22)26(23,24)16-7-13(18)6-14(19)8-16/h3-8,11,20-21H,9-10H2,1-2H3/t11-/m1/s1. The predicted molar refractivity (Wildman–Crippen MR) is 91.9 cm³/mol. The molecule has 0 bridgehead atoms. The summed E-state index contributed by atoms with van der Waals surface area (Å²) in [5, 5.41) is 1.73. The summed E-state index contributed by atoms with van der Waals surface area (Å²) in [6.07, 6.45) is 0. The van der Waals surface area contributed by atoms with Crippen LogP contribution < -0.4 is 10.9 Å². The zero-order valence-electron chi connectivity index (χ0n) is 14.3. The predicted octanol–water partition coefficient (Wildman–Crippen LogP) is 2.48. The highest BCUT2D eigenvalue weighted by molar-refractivity contribution is 7.91. The van der Waals surface area contributed by atoms with E-state index in [1.165, 1.54) is 12.1 Å². The molecule has 1 atom stereocenters. The van der Waals surface area contributed by atoms with Crippen LogP contribution >= 0.6 is 0 Å². The first-order chi connectivity index (χ1) is 12.3. The van der Waals surface area contributed by atoms with E-state index < -0.39 is 26.4 Å². The Bertz CT molecular complexity index is 901. The Labute approximate surface area is 150 Å². The van der Waals surface area contributed by atoms with Gasteiger partial charge < -0.3 is 10.2 Å². The highest BCUT2D eigenvalue weighted by Gasteiger charge is 2.25. The van der Waals surface area contributed by atoms with Gasteiger partial charge in [0.1, 0.15) is 11.6 Å². The number of hydrogen-bond acceptors (Lipinski definition) is 6.